The summed E-state index contributed by atoms with van der Waals surface area (Å²) in [4.78, 5) is 7.41. The summed E-state index contributed by atoms with van der Waals surface area (Å²) in [6, 6.07) is 40.8. The molecule has 4 aromatic rings. The van der Waals surface area contributed by atoms with Crippen LogP contribution in [0.5, 0.6) is 0 Å². The first-order valence-corrected chi connectivity index (χ1v) is 12.5. The van der Waals surface area contributed by atoms with E-state index in [1.165, 1.54) is 11.1 Å². The number of hydrogen-bond acceptors (Lipinski definition) is 3. The standard InChI is InChI=1S/C32H31N3/c33-26-31(27-12-4-1-5-13-27)19-23-35(24-20-31)25-21-32(28-14-6-2-7-15-28,29-16-8-3-9-17-29)30-18-10-11-22-34-30/h1-18,22H,19-21,23-25H2. The van der Waals surface area contributed by atoms with Crippen molar-refractivity contribution in [1.82, 2.24) is 9.88 Å². The van der Waals surface area contributed by atoms with Gasteiger partial charge in [0.25, 0.3) is 0 Å². The van der Waals surface area contributed by atoms with Gasteiger partial charge in [-0.3, -0.25) is 4.98 Å². The van der Waals surface area contributed by atoms with Gasteiger partial charge in [0.05, 0.1) is 22.6 Å². The third-order valence-corrected chi connectivity index (χ3v) is 7.69. The SMILES string of the molecule is N#CC1(c2ccccc2)CCN(CCC(c2ccccc2)(c2ccccc2)c2ccccn2)CC1. The molecule has 0 aliphatic carbocycles. The Hall–Kier alpha value is -3.74. The van der Waals surface area contributed by atoms with Crippen LogP contribution >= 0.6 is 0 Å². The first kappa shape index (κ1) is 23.0. The zero-order valence-corrected chi connectivity index (χ0v) is 20.1. The van der Waals surface area contributed by atoms with Crippen LogP contribution in [-0.4, -0.2) is 29.5 Å². The van der Waals surface area contributed by atoms with Crippen molar-refractivity contribution >= 4 is 0 Å². The molecule has 1 fully saturated rings. The fourth-order valence-corrected chi connectivity index (χ4v) is 5.65. The third kappa shape index (κ3) is 4.50. The molecule has 1 aromatic heterocycles. The van der Waals surface area contributed by atoms with Crippen molar-refractivity contribution in [3.05, 3.63) is 138 Å². The molecule has 1 saturated heterocycles. The zero-order valence-electron chi connectivity index (χ0n) is 20.1. The number of nitriles is 1. The van der Waals surface area contributed by atoms with Crippen LogP contribution in [0.25, 0.3) is 0 Å². The zero-order chi connectivity index (χ0) is 24.0. The van der Waals surface area contributed by atoms with Crippen LogP contribution in [0, 0.1) is 11.3 Å². The maximum atomic E-state index is 10.1. The van der Waals surface area contributed by atoms with Crippen molar-refractivity contribution in [1.29, 1.82) is 5.26 Å². The summed E-state index contributed by atoms with van der Waals surface area (Å²) < 4.78 is 0. The minimum atomic E-state index is -0.380. The molecule has 5 rings (SSSR count). The molecule has 3 aromatic carbocycles. The van der Waals surface area contributed by atoms with Crippen LogP contribution in [0.15, 0.2) is 115 Å². The summed E-state index contributed by atoms with van der Waals surface area (Å²) in [5.74, 6) is 0. The number of hydrogen-bond donors (Lipinski definition) is 0. The van der Waals surface area contributed by atoms with Crippen molar-refractivity contribution in [3.8, 4) is 6.07 Å². The molecule has 0 spiro atoms. The molecule has 35 heavy (non-hydrogen) atoms. The Kier molecular flexibility index (Phi) is 6.75. The maximum Gasteiger partial charge on any atom is 0.0846 e. The highest BCUT2D eigenvalue weighted by Gasteiger charge is 2.40. The number of piperidine rings is 1. The Balaban J connectivity index is 1.44. The average molecular weight is 458 g/mol. The lowest BCUT2D eigenvalue weighted by atomic mass is 9.69. The Labute approximate surface area is 208 Å². The van der Waals surface area contributed by atoms with Crippen molar-refractivity contribution in [3.63, 3.8) is 0 Å². The van der Waals surface area contributed by atoms with Crippen LogP contribution in [0.4, 0.5) is 0 Å². The molecular weight excluding hydrogens is 426 g/mol. The normalized spacial score (nSPS) is 15.9. The van der Waals surface area contributed by atoms with Crippen molar-refractivity contribution < 1.29 is 0 Å². The highest BCUT2D eigenvalue weighted by molar-refractivity contribution is 5.48. The molecule has 0 radical (unpaired) electrons. The second-order valence-corrected chi connectivity index (χ2v) is 9.50. The molecule has 3 heteroatoms. The summed E-state index contributed by atoms with van der Waals surface area (Å²) in [5, 5.41) is 10.1. The number of aromatic nitrogens is 1. The van der Waals surface area contributed by atoms with E-state index in [1.807, 2.05) is 30.5 Å². The van der Waals surface area contributed by atoms with E-state index in [-0.39, 0.29) is 10.8 Å². The Morgan fingerprint density at radius 1 is 0.743 bits per heavy atom. The molecular formula is C32H31N3. The lowest BCUT2D eigenvalue weighted by Crippen LogP contribution is -2.44. The molecule has 2 heterocycles. The Bertz CT molecular complexity index is 1140. The quantitative estimate of drug-likeness (QED) is 0.324. The molecule has 0 saturated carbocycles. The minimum absolute atomic E-state index is 0.340. The summed E-state index contributed by atoms with van der Waals surface area (Å²) in [6.45, 7) is 2.78. The second kappa shape index (κ2) is 10.3. The minimum Gasteiger partial charge on any atom is -0.303 e. The summed E-state index contributed by atoms with van der Waals surface area (Å²) in [6.07, 6.45) is 4.54. The molecule has 0 bridgehead atoms. The van der Waals surface area contributed by atoms with E-state index in [1.54, 1.807) is 0 Å². The largest absolute Gasteiger partial charge is 0.303 e. The Morgan fingerprint density at radius 2 is 1.29 bits per heavy atom. The summed E-state index contributed by atoms with van der Waals surface area (Å²) in [7, 11) is 0. The monoisotopic (exact) mass is 457 g/mol. The predicted molar refractivity (Wildman–Crippen MR) is 141 cm³/mol. The van der Waals surface area contributed by atoms with E-state index < -0.39 is 0 Å². The van der Waals surface area contributed by atoms with Gasteiger partial charge in [-0.15, -0.1) is 0 Å². The van der Waals surface area contributed by atoms with Gasteiger partial charge < -0.3 is 4.90 Å². The van der Waals surface area contributed by atoms with Crippen LogP contribution in [0.1, 0.15) is 41.6 Å². The molecule has 0 unspecified atom stereocenters. The summed E-state index contributed by atoms with van der Waals surface area (Å²) in [5.41, 5.74) is 4.03. The fraction of sp³-hybridized carbons (Fsp3) is 0.250. The molecule has 0 N–H and O–H groups in total. The first-order chi connectivity index (χ1) is 17.3. The number of pyridine rings is 1. The molecule has 174 valence electrons. The molecule has 1 aliphatic rings. The van der Waals surface area contributed by atoms with Crippen molar-refractivity contribution in [2.75, 3.05) is 19.6 Å². The van der Waals surface area contributed by atoms with Gasteiger partial charge in [-0.2, -0.15) is 5.26 Å². The van der Waals surface area contributed by atoms with E-state index in [2.05, 4.69) is 95.9 Å². The molecule has 0 atom stereocenters. The van der Waals surface area contributed by atoms with E-state index in [0.29, 0.717) is 0 Å². The lowest BCUT2D eigenvalue weighted by Gasteiger charge is -2.40. The van der Waals surface area contributed by atoms with Gasteiger partial charge in [0.2, 0.25) is 0 Å². The molecule has 1 aliphatic heterocycles. The smallest absolute Gasteiger partial charge is 0.0846 e. The van der Waals surface area contributed by atoms with E-state index in [0.717, 1.165) is 50.2 Å². The van der Waals surface area contributed by atoms with E-state index in [4.69, 9.17) is 4.98 Å². The van der Waals surface area contributed by atoms with Crippen LogP contribution in [-0.2, 0) is 10.8 Å². The van der Waals surface area contributed by atoms with Gasteiger partial charge in [-0.05, 0) is 67.7 Å². The maximum absolute atomic E-state index is 10.1. The van der Waals surface area contributed by atoms with Gasteiger partial charge in [-0.25, -0.2) is 0 Å². The van der Waals surface area contributed by atoms with Gasteiger partial charge in [0.1, 0.15) is 0 Å². The van der Waals surface area contributed by atoms with Crippen LogP contribution in [0.2, 0.25) is 0 Å². The number of benzene rings is 3. The van der Waals surface area contributed by atoms with Gasteiger partial charge >= 0.3 is 0 Å². The van der Waals surface area contributed by atoms with Gasteiger partial charge in [0.15, 0.2) is 0 Å². The van der Waals surface area contributed by atoms with E-state index >= 15 is 0 Å². The Morgan fingerprint density at radius 3 is 1.80 bits per heavy atom. The molecule has 0 amide bonds. The summed E-state index contributed by atoms with van der Waals surface area (Å²) >= 11 is 0. The average Bonchev–Trinajstić information content (AvgIpc) is 2.96. The third-order valence-electron chi connectivity index (χ3n) is 7.69. The van der Waals surface area contributed by atoms with Gasteiger partial charge in [0, 0.05) is 6.20 Å². The van der Waals surface area contributed by atoms with Crippen molar-refractivity contribution in [2.45, 2.75) is 30.1 Å². The second-order valence-electron chi connectivity index (χ2n) is 9.50. The van der Waals surface area contributed by atoms with Crippen LogP contribution < -0.4 is 0 Å². The predicted octanol–water partition coefficient (Wildman–Crippen LogP) is 6.36. The number of likely N-dealkylation sites (tertiary alicyclic amines) is 1. The highest BCUT2D eigenvalue weighted by atomic mass is 15.1. The first-order valence-electron chi connectivity index (χ1n) is 12.5. The lowest BCUT2D eigenvalue weighted by molar-refractivity contribution is 0.177. The number of nitrogens with zero attached hydrogens (tertiary/aromatic N) is 3. The van der Waals surface area contributed by atoms with E-state index in [9.17, 15) is 5.26 Å². The van der Waals surface area contributed by atoms with Gasteiger partial charge in [-0.1, -0.05) is 97.1 Å². The topological polar surface area (TPSA) is 39.9 Å². The van der Waals surface area contributed by atoms with Crippen LogP contribution in [0.3, 0.4) is 0 Å². The fourth-order valence-electron chi connectivity index (χ4n) is 5.65. The molecule has 3 nitrogen and oxygen atoms in total. The highest BCUT2D eigenvalue weighted by Crippen LogP contribution is 2.42. The number of rotatable bonds is 7. The van der Waals surface area contributed by atoms with Crippen molar-refractivity contribution in [2.24, 2.45) is 0 Å².